The number of aromatic amines is 1. The van der Waals surface area contributed by atoms with Gasteiger partial charge in [-0.2, -0.15) is 11.8 Å². The van der Waals surface area contributed by atoms with Crippen molar-refractivity contribution < 1.29 is 29.4 Å². The van der Waals surface area contributed by atoms with Crippen LogP contribution in [0.1, 0.15) is 25.8 Å². The number of benzene rings is 1. The number of amides is 3. The Labute approximate surface area is 207 Å². The highest BCUT2D eigenvalue weighted by atomic mass is 32.2. The molecule has 8 N–H and O–H groups in total. The minimum absolute atomic E-state index is 0.0433. The number of hydrogen-bond donors (Lipinski definition) is 7. The number of carbonyl (C=O) groups excluding carboxylic acids is 3. The Morgan fingerprint density at radius 3 is 2.37 bits per heavy atom. The lowest BCUT2D eigenvalue weighted by Crippen LogP contribution is -2.60. The zero-order valence-corrected chi connectivity index (χ0v) is 20.7. The van der Waals surface area contributed by atoms with E-state index in [0.717, 1.165) is 16.5 Å². The fraction of sp³-hybridized carbons (Fsp3) is 0.478. The van der Waals surface area contributed by atoms with Crippen molar-refractivity contribution in [1.29, 1.82) is 0 Å². The van der Waals surface area contributed by atoms with Crippen LogP contribution in [0.3, 0.4) is 0 Å². The number of hydrogen-bond acceptors (Lipinski definition) is 7. The summed E-state index contributed by atoms with van der Waals surface area (Å²) < 4.78 is 0. The van der Waals surface area contributed by atoms with Crippen LogP contribution < -0.4 is 21.7 Å². The number of aliphatic carboxylic acids is 1. The van der Waals surface area contributed by atoms with E-state index in [2.05, 4.69) is 20.9 Å². The SMILES string of the molecule is CSCCC(N)C(=O)NC(C(=O)NC(Cc1c[nH]c2ccccc12)C(=O)NC(C)C(=O)O)C(C)O. The molecule has 0 aliphatic rings. The zero-order chi connectivity index (χ0) is 26.1. The van der Waals surface area contributed by atoms with Gasteiger partial charge < -0.3 is 36.9 Å². The fourth-order valence-electron chi connectivity index (χ4n) is 3.41. The lowest BCUT2D eigenvalue weighted by molar-refractivity contribution is -0.142. The molecule has 1 aromatic carbocycles. The van der Waals surface area contributed by atoms with Crippen LogP contribution >= 0.6 is 11.8 Å². The Bertz CT molecular complexity index is 1040. The average Bonchev–Trinajstić information content (AvgIpc) is 3.22. The predicted molar refractivity (Wildman–Crippen MR) is 134 cm³/mol. The topological polar surface area (TPSA) is 187 Å². The highest BCUT2D eigenvalue weighted by Gasteiger charge is 2.32. The number of nitrogens with two attached hydrogens (primary N) is 1. The van der Waals surface area contributed by atoms with E-state index >= 15 is 0 Å². The van der Waals surface area contributed by atoms with Gasteiger partial charge in [-0.3, -0.25) is 19.2 Å². The molecule has 3 amide bonds. The summed E-state index contributed by atoms with van der Waals surface area (Å²) in [5.41, 5.74) is 7.42. The number of carbonyl (C=O) groups is 4. The molecular formula is C23H33N5O6S. The first-order chi connectivity index (χ1) is 16.5. The summed E-state index contributed by atoms with van der Waals surface area (Å²) in [6, 6.07) is 2.81. The van der Waals surface area contributed by atoms with Gasteiger partial charge in [0, 0.05) is 23.5 Å². The molecule has 5 unspecified atom stereocenters. The summed E-state index contributed by atoms with van der Waals surface area (Å²) in [5, 5.41) is 27.5. The predicted octanol–water partition coefficient (Wildman–Crippen LogP) is -0.269. The molecule has 192 valence electrons. The van der Waals surface area contributed by atoms with Crippen molar-refractivity contribution >= 4 is 46.4 Å². The number of aliphatic hydroxyl groups excluding tert-OH is 1. The first kappa shape index (κ1) is 28.1. The number of fused-ring (bicyclic) bond motifs is 1. The number of aliphatic hydroxyl groups is 1. The minimum Gasteiger partial charge on any atom is -0.480 e. The number of rotatable bonds is 13. The Balaban J connectivity index is 2.23. The number of thioether (sulfide) groups is 1. The smallest absolute Gasteiger partial charge is 0.325 e. The van der Waals surface area contributed by atoms with Gasteiger partial charge >= 0.3 is 5.97 Å². The normalized spacial score (nSPS) is 15.5. The molecule has 0 bridgehead atoms. The molecule has 0 saturated carbocycles. The van der Waals surface area contributed by atoms with E-state index in [4.69, 9.17) is 10.8 Å². The second-order valence-corrected chi connectivity index (χ2v) is 9.29. The third-order valence-electron chi connectivity index (χ3n) is 5.49. The molecule has 1 heterocycles. The number of carboxylic acid groups (broad SMARTS) is 1. The molecule has 2 aromatic rings. The number of H-pyrrole nitrogens is 1. The van der Waals surface area contributed by atoms with Gasteiger partial charge in [0.2, 0.25) is 17.7 Å². The van der Waals surface area contributed by atoms with Crippen LogP contribution in [-0.4, -0.2) is 81.2 Å². The number of aromatic nitrogens is 1. The third kappa shape index (κ3) is 7.98. The van der Waals surface area contributed by atoms with Crippen molar-refractivity contribution in [2.24, 2.45) is 5.73 Å². The monoisotopic (exact) mass is 507 g/mol. The Kier molecular flexibility index (Phi) is 10.6. The van der Waals surface area contributed by atoms with Crippen molar-refractivity contribution in [3.05, 3.63) is 36.0 Å². The molecule has 0 aliphatic carbocycles. The van der Waals surface area contributed by atoms with Crippen LogP contribution in [0.4, 0.5) is 0 Å². The molecule has 35 heavy (non-hydrogen) atoms. The van der Waals surface area contributed by atoms with E-state index < -0.39 is 54.0 Å². The lowest BCUT2D eigenvalue weighted by Gasteiger charge is -2.26. The molecular weight excluding hydrogens is 474 g/mol. The molecule has 0 spiro atoms. The lowest BCUT2D eigenvalue weighted by atomic mass is 10.0. The van der Waals surface area contributed by atoms with Crippen LogP contribution in [0.5, 0.6) is 0 Å². The van der Waals surface area contributed by atoms with Gasteiger partial charge in [-0.15, -0.1) is 0 Å². The van der Waals surface area contributed by atoms with Gasteiger partial charge in [0.1, 0.15) is 18.1 Å². The first-order valence-electron chi connectivity index (χ1n) is 11.2. The Morgan fingerprint density at radius 1 is 1.06 bits per heavy atom. The average molecular weight is 508 g/mol. The number of carboxylic acids is 1. The van der Waals surface area contributed by atoms with E-state index in [1.54, 1.807) is 6.20 Å². The molecule has 12 heteroatoms. The molecule has 2 rings (SSSR count). The summed E-state index contributed by atoms with van der Waals surface area (Å²) in [7, 11) is 0. The first-order valence-corrected chi connectivity index (χ1v) is 12.6. The summed E-state index contributed by atoms with van der Waals surface area (Å²) in [6.07, 6.45) is 2.74. The maximum absolute atomic E-state index is 13.0. The van der Waals surface area contributed by atoms with Crippen LogP contribution in [0.15, 0.2) is 30.5 Å². The number of nitrogens with one attached hydrogen (secondary N) is 4. The Morgan fingerprint density at radius 2 is 1.74 bits per heavy atom. The second kappa shape index (κ2) is 13.1. The molecule has 1 aromatic heterocycles. The van der Waals surface area contributed by atoms with Gasteiger partial charge in [-0.25, -0.2) is 0 Å². The second-order valence-electron chi connectivity index (χ2n) is 8.31. The van der Waals surface area contributed by atoms with Crippen LogP contribution in [0.25, 0.3) is 10.9 Å². The van der Waals surface area contributed by atoms with Gasteiger partial charge in [-0.05, 0) is 43.9 Å². The van der Waals surface area contributed by atoms with E-state index in [-0.39, 0.29) is 6.42 Å². The van der Waals surface area contributed by atoms with Crippen molar-refractivity contribution in [2.45, 2.75) is 57.0 Å². The van der Waals surface area contributed by atoms with E-state index in [1.165, 1.54) is 25.6 Å². The van der Waals surface area contributed by atoms with Crippen molar-refractivity contribution in [2.75, 3.05) is 12.0 Å². The van der Waals surface area contributed by atoms with Crippen molar-refractivity contribution in [1.82, 2.24) is 20.9 Å². The Hall–Kier alpha value is -3.09. The van der Waals surface area contributed by atoms with Crippen molar-refractivity contribution in [3.63, 3.8) is 0 Å². The van der Waals surface area contributed by atoms with E-state index in [1.807, 2.05) is 30.5 Å². The highest BCUT2D eigenvalue weighted by Crippen LogP contribution is 2.19. The molecule has 0 radical (unpaired) electrons. The molecule has 0 fully saturated rings. The van der Waals surface area contributed by atoms with Crippen LogP contribution in [0.2, 0.25) is 0 Å². The van der Waals surface area contributed by atoms with Crippen LogP contribution in [0, 0.1) is 0 Å². The largest absolute Gasteiger partial charge is 0.480 e. The zero-order valence-electron chi connectivity index (χ0n) is 19.9. The third-order valence-corrected chi connectivity index (χ3v) is 6.14. The van der Waals surface area contributed by atoms with E-state index in [9.17, 15) is 24.3 Å². The maximum atomic E-state index is 13.0. The molecule has 0 aliphatic heterocycles. The van der Waals surface area contributed by atoms with E-state index in [0.29, 0.717) is 12.2 Å². The van der Waals surface area contributed by atoms with Gasteiger partial charge in [0.05, 0.1) is 12.1 Å². The molecule has 0 saturated heterocycles. The van der Waals surface area contributed by atoms with Gasteiger partial charge in [0.25, 0.3) is 0 Å². The number of para-hydroxylation sites is 1. The van der Waals surface area contributed by atoms with Gasteiger partial charge in [0.15, 0.2) is 0 Å². The highest BCUT2D eigenvalue weighted by molar-refractivity contribution is 7.98. The quantitative estimate of drug-likeness (QED) is 0.193. The molecule has 5 atom stereocenters. The summed E-state index contributed by atoms with van der Waals surface area (Å²) in [5.74, 6) is -2.70. The maximum Gasteiger partial charge on any atom is 0.325 e. The summed E-state index contributed by atoms with van der Waals surface area (Å²) >= 11 is 1.52. The van der Waals surface area contributed by atoms with Crippen molar-refractivity contribution in [3.8, 4) is 0 Å². The standard InChI is InChI=1S/C23H33N5O6S/c1-12(23(33)34)26-21(31)18(10-14-11-25-17-7-5-4-6-15(14)17)27-22(32)19(13(2)29)28-20(30)16(24)8-9-35-3/h4-7,11-13,16,18-19,25,29H,8-10,24H2,1-3H3,(H,26,31)(H,27,32)(H,28,30)(H,33,34). The fourth-order valence-corrected chi connectivity index (χ4v) is 3.90. The van der Waals surface area contributed by atoms with Crippen LogP contribution in [-0.2, 0) is 25.6 Å². The summed E-state index contributed by atoms with van der Waals surface area (Å²) in [4.78, 5) is 52.7. The molecule has 11 nitrogen and oxygen atoms in total. The summed E-state index contributed by atoms with van der Waals surface area (Å²) in [6.45, 7) is 2.64. The van der Waals surface area contributed by atoms with Gasteiger partial charge in [-0.1, -0.05) is 18.2 Å². The minimum atomic E-state index is -1.36.